The van der Waals surface area contributed by atoms with Crippen LogP contribution in [0.2, 0.25) is 4.34 Å². The first kappa shape index (κ1) is 13.1. The Hall–Kier alpha value is -0.870. The lowest BCUT2D eigenvalue weighted by molar-refractivity contribution is 0.419. The van der Waals surface area contributed by atoms with Crippen molar-refractivity contribution in [2.75, 3.05) is 0 Å². The normalized spacial score (nSPS) is 17.2. The van der Waals surface area contributed by atoms with Gasteiger partial charge in [0.1, 0.15) is 0 Å². The summed E-state index contributed by atoms with van der Waals surface area (Å²) in [6.45, 7) is 0. The Kier molecular flexibility index (Phi) is 3.89. The zero-order valence-corrected chi connectivity index (χ0v) is 12.2. The molecule has 1 aromatic carbocycles. The van der Waals surface area contributed by atoms with Crippen LogP contribution < -0.4 is 11.3 Å². The van der Waals surface area contributed by atoms with Gasteiger partial charge in [0.2, 0.25) is 0 Å². The maximum Gasteiger partial charge on any atom is 0.0931 e. The molecular formula is C15H17ClN2S. The number of nitrogens with two attached hydrogens (primary N) is 1. The van der Waals surface area contributed by atoms with E-state index in [9.17, 15) is 0 Å². The van der Waals surface area contributed by atoms with Crippen molar-refractivity contribution in [2.45, 2.75) is 31.2 Å². The molecule has 4 heteroatoms. The first-order chi connectivity index (χ1) is 9.28. The number of hydrogen-bond donors (Lipinski definition) is 2. The van der Waals surface area contributed by atoms with Crippen LogP contribution in [0, 0.1) is 0 Å². The molecular weight excluding hydrogens is 276 g/mol. The Balaban J connectivity index is 1.90. The lowest BCUT2D eigenvalue weighted by Crippen LogP contribution is -2.28. The molecule has 2 nitrogen and oxygen atoms in total. The zero-order chi connectivity index (χ0) is 13.2. The van der Waals surface area contributed by atoms with Crippen LogP contribution in [0.25, 0.3) is 0 Å². The summed E-state index contributed by atoms with van der Waals surface area (Å²) < 4.78 is 0.797. The van der Waals surface area contributed by atoms with Gasteiger partial charge in [-0.3, -0.25) is 5.84 Å². The number of hydrazine groups is 1. The van der Waals surface area contributed by atoms with Gasteiger partial charge in [-0.15, -0.1) is 11.3 Å². The molecule has 1 saturated carbocycles. The summed E-state index contributed by atoms with van der Waals surface area (Å²) in [6.07, 6.45) is 3.98. The average Bonchev–Trinajstić information content (AvgIpc) is 2.75. The Morgan fingerprint density at radius 2 is 2.11 bits per heavy atom. The highest BCUT2D eigenvalue weighted by molar-refractivity contribution is 7.16. The fourth-order valence-corrected chi connectivity index (χ4v) is 3.71. The van der Waals surface area contributed by atoms with Crippen molar-refractivity contribution in [2.24, 2.45) is 5.84 Å². The molecule has 1 fully saturated rings. The molecule has 0 amide bonds. The van der Waals surface area contributed by atoms with Crippen LogP contribution in [0.3, 0.4) is 0 Å². The van der Waals surface area contributed by atoms with E-state index in [1.807, 2.05) is 12.1 Å². The van der Waals surface area contributed by atoms with Crippen molar-refractivity contribution >= 4 is 22.9 Å². The Bertz CT molecular complexity index is 563. The number of benzene rings is 1. The Morgan fingerprint density at radius 1 is 1.26 bits per heavy atom. The third-order valence-electron chi connectivity index (χ3n) is 3.87. The first-order valence-corrected chi connectivity index (χ1v) is 7.78. The van der Waals surface area contributed by atoms with Gasteiger partial charge in [0, 0.05) is 4.88 Å². The van der Waals surface area contributed by atoms with Crippen LogP contribution in [0.5, 0.6) is 0 Å². The number of thiophene rings is 1. The highest BCUT2D eigenvalue weighted by atomic mass is 35.5. The van der Waals surface area contributed by atoms with E-state index in [4.69, 9.17) is 17.4 Å². The summed E-state index contributed by atoms with van der Waals surface area (Å²) in [5.41, 5.74) is 5.55. The minimum Gasteiger partial charge on any atom is -0.271 e. The van der Waals surface area contributed by atoms with Gasteiger partial charge < -0.3 is 0 Å². The van der Waals surface area contributed by atoms with Crippen molar-refractivity contribution in [1.29, 1.82) is 0 Å². The summed E-state index contributed by atoms with van der Waals surface area (Å²) in [6, 6.07) is 12.7. The maximum absolute atomic E-state index is 6.01. The van der Waals surface area contributed by atoms with E-state index in [-0.39, 0.29) is 6.04 Å². The molecule has 0 spiro atoms. The Morgan fingerprint density at radius 3 is 2.68 bits per heavy atom. The highest BCUT2D eigenvalue weighted by Crippen LogP contribution is 2.38. The summed E-state index contributed by atoms with van der Waals surface area (Å²) >= 11 is 7.58. The van der Waals surface area contributed by atoms with E-state index in [0.29, 0.717) is 0 Å². The van der Waals surface area contributed by atoms with Crippen LogP contribution in [0.15, 0.2) is 36.4 Å². The maximum atomic E-state index is 6.01. The number of hydrogen-bond acceptors (Lipinski definition) is 3. The largest absolute Gasteiger partial charge is 0.271 e. The van der Waals surface area contributed by atoms with Gasteiger partial charge in [-0.2, -0.15) is 0 Å². The quantitative estimate of drug-likeness (QED) is 0.654. The van der Waals surface area contributed by atoms with Crippen molar-refractivity contribution in [1.82, 2.24) is 5.43 Å². The van der Waals surface area contributed by atoms with Gasteiger partial charge in [0.05, 0.1) is 10.4 Å². The van der Waals surface area contributed by atoms with Crippen LogP contribution >= 0.6 is 22.9 Å². The molecule has 0 saturated heterocycles. The molecule has 1 aliphatic carbocycles. The number of halogens is 1. The van der Waals surface area contributed by atoms with Crippen LogP contribution in [-0.4, -0.2) is 0 Å². The minimum absolute atomic E-state index is 0.0255. The monoisotopic (exact) mass is 292 g/mol. The second-order valence-electron chi connectivity index (χ2n) is 5.04. The summed E-state index contributed by atoms with van der Waals surface area (Å²) in [4.78, 5) is 1.15. The van der Waals surface area contributed by atoms with Gasteiger partial charge in [-0.05, 0) is 42.0 Å². The van der Waals surface area contributed by atoms with Crippen LogP contribution in [-0.2, 0) is 0 Å². The van der Waals surface area contributed by atoms with Gasteiger partial charge in [0.25, 0.3) is 0 Å². The lowest BCUT2D eigenvalue weighted by Gasteiger charge is -2.27. The molecule has 1 atom stereocenters. The molecule has 1 aromatic heterocycles. The fraction of sp³-hybridized carbons (Fsp3) is 0.333. The molecule has 19 heavy (non-hydrogen) atoms. The molecule has 1 heterocycles. The van der Waals surface area contributed by atoms with Crippen molar-refractivity contribution in [3.05, 3.63) is 56.7 Å². The molecule has 2 aromatic rings. The van der Waals surface area contributed by atoms with E-state index >= 15 is 0 Å². The minimum atomic E-state index is 0.0255. The van der Waals surface area contributed by atoms with E-state index in [1.165, 1.54) is 30.4 Å². The predicted molar refractivity (Wildman–Crippen MR) is 81.5 cm³/mol. The summed E-state index contributed by atoms with van der Waals surface area (Å²) in [5.74, 6) is 6.47. The lowest BCUT2D eigenvalue weighted by atomic mass is 9.79. The third kappa shape index (κ3) is 2.70. The molecule has 100 valence electrons. The SMILES string of the molecule is NNC(c1cccc(C2CCC2)c1)c1ccc(Cl)s1. The fourth-order valence-electron chi connectivity index (χ4n) is 2.56. The van der Waals surface area contributed by atoms with Crippen molar-refractivity contribution in [3.8, 4) is 0 Å². The topological polar surface area (TPSA) is 38.0 Å². The van der Waals surface area contributed by atoms with E-state index in [2.05, 4.69) is 29.7 Å². The van der Waals surface area contributed by atoms with Gasteiger partial charge in [-0.1, -0.05) is 42.3 Å². The second kappa shape index (κ2) is 5.63. The molecule has 0 aliphatic heterocycles. The molecule has 3 N–H and O–H groups in total. The van der Waals surface area contributed by atoms with Crippen LogP contribution in [0.1, 0.15) is 47.2 Å². The second-order valence-corrected chi connectivity index (χ2v) is 6.79. The van der Waals surface area contributed by atoms with Crippen molar-refractivity contribution in [3.63, 3.8) is 0 Å². The molecule has 3 rings (SSSR count). The van der Waals surface area contributed by atoms with Gasteiger partial charge >= 0.3 is 0 Å². The summed E-state index contributed by atoms with van der Waals surface area (Å²) in [5, 5.41) is 0. The zero-order valence-electron chi connectivity index (χ0n) is 10.6. The van der Waals surface area contributed by atoms with Crippen molar-refractivity contribution < 1.29 is 0 Å². The number of rotatable bonds is 4. The smallest absolute Gasteiger partial charge is 0.0931 e. The van der Waals surface area contributed by atoms with Gasteiger partial charge in [-0.25, -0.2) is 5.43 Å². The molecule has 1 unspecified atom stereocenters. The van der Waals surface area contributed by atoms with E-state index in [1.54, 1.807) is 11.3 Å². The van der Waals surface area contributed by atoms with E-state index < -0.39 is 0 Å². The third-order valence-corrected chi connectivity index (χ3v) is 5.16. The van der Waals surface area contributed by atoms with E-state index in [0.717, 1.165) is 15.1 Å². The first-order valence-electron chi connectivity index (χ1n) is 6.59. The predicted octanol–water partition coefficient (Wildman–Crippen LogP) is 4.22. The number of nitrogens with one attached hydrogen (secondary N) is 1. The molecule has 0 radical (unpaired) electrons. The molecule has 0 bridgehead atoms. The highest BCUT2D eigenvalue weighted by Gasteiger charge is 2.21. The Labute approximate surface area is 122 Å². The molecule has 1 aliphatic rings. The van der Waals surface area contributed by atoms with Crippen LogP contribution in [0.4, 0.5) is 0 Å². The van der Waals surface area contributed by atoms with Gasteiger partial charge in [0.15, 0.2) is 0 Å². The summed E-state index contributed by atoms with van der Waals surface area (Å²) in [7, 11) is 0. The average molecular weight is 293 g/mol. The standard InChI is InChI=1S/C15H17ClN2S/c16-14-8-7-13(19-14)15(18-17)12-6-2-5-11(9-12)10-3-1-4-10/h2,5-10,15,18H,1,3-4,17H2.